The maximum atomic E-state index is 12.6. The first-order valence-corrected chi connectivity index (χ1v) is 7.66. The van der Waals surface area contributed by atoms with E-state index in [0.717, 1.165) is 0 Å². The van der Waals surface area contributed by atoms with E-state index in [4.69, 9.17) is 11.0 Å². The highest BCUT2D eigenvalue weighted by Crippen LogP contribution is 2.24. The molecule has 19 heavy (non-hydrogen) atoms. The Kier molecular flexibility index (Phi) is 3.90. The summed E-state index contributed by atoms with van der Waals surface area (Å²) >= 11 is 0. The van der Waals surface area contributed by atoms with E-state index in [-0.39, 0.29) is 16.5 Å². The molecule has 1 aromatic rings. The number of rotatable bonds is 2. The zero-order valence-corrected chi connectivity index (χ0v) is 11.7. The van der Waals surface area contributed by atoms with Crippen LogP contribution in [0, 0.1) is 18.3 Å². The fraction of sp³-hybridized carbons (Fsp3) is 0.462. The molecule has 0 atom stereocenters. The Hall–Kier alpha value is -1.42. The Balaban J connectivity index is 2.41. The van der Waals surface area contributed by atoms with E-state index >= 15 is 0 Å². The third-order valence-electron chi connectivity index (χ3n) is 3.46. The molecule has 1 saturated heterocycles. The molecule has 6 heteroatoms. The normalized spacial score (nSPS) is 18.2. The highest BCUT2D eigenvalue weighted by atomic mass is 32.2. The van der Waals surface area contributed by atoms with Gasteiger partial charge in [0.2, 0.25) is 10.0 Å². The molecule has 1 aliphatic rings. The van der Waals surface area contributed by atoms with Gasteiger partial charge in [0.05, 0.1) is 5.56 Å². The molecule has 0 aromatic heterocycles. The number of aryl methyl sites for hydroxylation is 1. The summed E-state index contributed by atoms with van der Waals surface area (Å²) < 4.78 is 26.5. The van der Waals surface area contributed by atoms with Gasteiger partial charge in [-0.3, -0.25) is 0 Å². The lowest BCUT2D eigenvalue weighted by Gasteiger charge is -2.29. The summed E-state index contributed by atoms with van der Waals surface area (Å²) in [4.78, 5) is 0.102. The van der Waals surface area contributed by atoms with Crippen LogP contribution >= 0.6 is 0 Å². The molecule has 0 bridgehead atoms. The quantitative estimate of drug-likeness (QED) is 0.874. The molecule has 0 aliphatic carbocycles. The first-order chi connectivity index (χ1) is 8.96. The van der Waals surface area contributed by atoms with Gasteiger partial charge in [0.25, 0.3) is 0 Å². The predicted octanol–water partition coefficient (Wildman–Crippen LogP) is 0.979. The van der Waals surface area contributed by atoms with Crippen molar-refractivity contribution in [1.82, 2.24) is 4.31 Å². The highest BCUT2D eigenvalue weighted by Gasteiger charge is 2.30. The van der Waals surface area contributed by atoms with E-state index in [2.05, 4.69) is 0 Å². The summed E-state index contributed by atoms with van der Waals surface area (Å²) in [7, 11) is -3.60. The van der Waals surface area contributed by atoms with E-state index in [0.29, 0.717) is 31.5 Å². The topological polar surface area (TPSA) is 87.2 Å². The summed E-state index contributed by atoms with van der Waals surface area (Å²) in [5, 5.41) is 9.15. The van der Waals surface area contributed by atoms with Crippen molar-refractivity contribution in [2.45, 2.75) is 30.7 Å². The Bertz CT molecular complexity index is 611. The fourth-order valence-corrected chi connectivity index (χ4v) is 3.94. The van der Waals surface area contributed by atoms with E-state index in [9.17, 15) is 8.42 Å². The predicted molar refractivity (Wildman–Crippen MR) is 71.9 cm³/mol. The minimum absolute atomic E-state index is 0.0689. The van der Waals surface area contributed by atoms with E-state index in [1.807, 2.05) is 6.07 Å². The molecule has 2 rings (SSSR count). The van der Waals surface area contributed by atoms with Gasteiger partial charge in [-0.25, -0.2) is 8.42 Å². The van der Waals surface area contributed by atoms with Crippen molar-refractivity contribution in [3.05, 3.63) is 29.3 Å². The van der Waals surface area contributed by atoms with Crippen LogP contribution in [0.5, 0.6) is 0 Å². The van der Waals surface area contributed by atoms with E-state index in [1.165, 1.54) is 10.4 Å². The lowest BCUT2D eigenvalue weighted by Crippen LogP contribution is -2.42. The number of hydrogen-bond donors (Lipinski definition) is 1. The number of nitriles is 1. The minimum atomic E-state index is -3.60. The van der Waals surface area contributed by atoms with Crippen molar-refractivity contribution in [1.29, 1.82) is 5.26 Å². The molecule has 2 N–H and O–H groups in total. The van der Waals surface area contributed by atoms with Crippen LogP contribution in [0.4, 0.5) is 0 Å². The molecule has 0 radical (unpaired) electrons. The number of piperidine rings is 1. The lowest BCUT2D eigenvalue weighted by molar-refractivity contribution is 0.320. The van der Waals surface area contributed by atoms with Gasteiger partial charge in [-0.05, 0) is 31.4 Å². The van der Waals surface area contributed by atoms with Gasteiger partial charge in [0, 0.05) is 19.1 Å². The van der Waals surface area contributed by atoms with Crippen LogP contribution in [0.1, 0.15) is 24.0 Å². The summed E-state index contributed by atoms with van der Waals surface area (Å²) in [6.07, 6.45) is 1.32. The third kappa shape index (κ3) is 2.63. The molecule has 1 aromatic carbocycles. The lowest BCUT2D eigenvalue weighted by atomic mass is 10.1. The van der Waals surface area contributed by atoms with Crippen LogP contribution < -0.4 is 5.73 Å². The standard InChI is InChI=1S/C13H17N3O2S/c1-10-3-2-4-13(12(10)9-14)19(17,18)16-7-5-11(15)6-8-16/h2-4,11H,5-8,15H2,1H3. The van der Waals surface area contributed by atoms with Crippen LogP contribution in [0.15, 0.2) is 23.1 Å². The summed E-state index contributed by atoms with van der Waals surface area (Å²) in [6, 6.07) is 6.96. The SMILES string of the molecule is Cc1cccc(S(=O)(=O)N2CCC(N)CC2)c1C#N. The van der Waals surface area contributed by atoms with Gasteiger partial charge in [-0.1, -0.05) is 12.1 Å². The fourth-order valence-electron chi connectivity index (χ4n) is 2.25. The third-order valence-corrected chi connectivity index (χ3v) is 5.40. The Morgan fingerprint density at radius 1 is 1.37 bits per heavy atom. The van der Waals surface area contributed by atoms with Crippen LogP contribution in [0.3, 0.4) is 0 Å². The maximum Gasteiger partial charge on any atom is 0.244 e. The van der Waals surface area contributed by atoms with Gasteiger partial charge >= 0.3 is 0 Å². The second-order valence-corrected chi connectivity index (χ2v) is 6.71. The van der Waals surface area contributed by atoms with Crippen molar-refractivity contribution in [2.24, 2.45) is 5.73 Å². The molecule has 1 heterocycles. The molecule has 0 unspecified atom stereocenters. The van der Waals surface area contributed by atoms with Gasteiger partial charge in [-0.15, -0.1) is 0 Å². The molecule has 0 saturated carbocycles. The molecule has 1 fully saturated rings. The van der Waals surface area contributed by atoms with Crippen LogP contribution in [-0.2, 0) is 10.0 Å². The summed E-state index contributed by atoms with van der Waals surface area (Å²) in [5.74, 6) is 0. The van der Waals surface area contributed by atoms with Gasteiger partial charge in [-0.2, -0.15) is 9.57 Å². The van der Waals surface area contributed by atoms with Crippen molar-refractivity contribution in [3.8, 4) is 6.07 Å². The molecule has 5 nitrogen and oxygen atoms in total. The Labute approximate surface area is 113 Å². The Morgan fingerprint density at radius 2 is 2.00 bits per heavy atom. The van der Waals surface area contributed by atoms with Crippen molar-refractivity contribution in [2.75, 3.05) is 13.1 Å². The second kappa shape index (κ2) is 5.29. The number of nitrogens with zero attached hydrogens (tertiary/aromatic N) is 2. The van der Waals surface area contributed by atoms with Crippen molar-refractivity contribution < 1.29 is 8.42 Å². The molecule has 1 aliphatic heterocycles. The van der Waals surface area contributed by atoms with Crippen LogP contribution in [0.25, 0.3) is 0 Å². The van der Waals surface area contributed by atoms with Gasteiger partial charge in [0.1, 0.15) is 11.0 Å². The monoisotopic (exact) mass is 279 g/mol. The highest BCUT2D eigenvalue weighted by molar-refractivity contribution is 7.89. The maximum absolute atomic E-state index is 12.6. The van der Waals surface area contributed by atoms with Crippen molar-refractivity contribution in [3.63, 3.8) is 0 Å². The van der Waals surface area contributed by atoms with E-state index in [1.54, 1.807) is 19.1 Å². The number of benzene rings is 1. The van der Waals surface area contributed by atoms with Gasteiger partial charge < -0.3 is 5.73 Å². The number of hydrogen-bond acceptors (Lipinski definition) is 4. The Morgan fingerprint density at radius 3 is 2.58 bits per heavy atom. The largest absolute Gasteiger partial charge is 0.328 e. The second-order valence-electron chi connectivity index (χ2n) is 4.80. The average molecular weight is 279 g/mol. The smallest absolute Gasteiger partial charge is 0.244 e. The summed E-state index contributed by atoms with van der Waals surface area (Å²) in [5.41, 5.74) is 6.70. The molecule has 0 spiro atoms. The molecular weight excluding hydrogens is 262 g/mol. The minimum Gasteiger partial charge on any atom is -0.328 e. The van der Waals surface area contributed by atoms with Crippen molar-refractivity contribution >= 4 is 10.0 Å². The molecule has 0 amide bonds. The number of nitrogens with two attached hydrogens (primary N) is 1. The van der Waals surface area contributed by atoms with Gasteiger partial charge in [0.15, 0.2) is 0 Å². The summed E-state index contributed by atoms with van der Waals surface area (Å²) in [6.45, 7) is 2.58. The zero-order valence-electron chi connectivity index (χ0n) is 10.8. The first kappa shape index (κ1) is 14.0. The first-order valence-electron chi connectivity index (χ1n) is 6.22. The average Bonchev–Trinajstić information content (AvgIpc) is 2.39. The molecule has 102 valence electrons. The van der Waals surface area contributed by atoms with E-state index < -0.39 is 10.0 Å². The number of sulfonamides is 1. The van der Waals surface area contributed by atoms with Crippen LogP contribution in [0.2, 0.25) is 0 Å². The van der Waals surface area contributed by atoms with Crippen LogP contribution in [-0.4, -0.2) is 31.9 Å². The zero-order chi connectivity index (χ0) is 14.0. The molecular formula is C13H17N3O2S.